The molecule has 25 heavy (non-hydrogen) atoms. The first-order valence-corrected chi connectivity index (χ1v) is 11.0. The molecule has 1 aliphatic heterocycles. The first-order chi connectivity index (χ1) is 12.0. The molecule has 0 saturated carbocycles. The van der Waals surface area contributed by atoms with E-state index in [1.165, 1.54) is 0 Å². The van der Waals surface area contributed by atoms with Crippen LogP contribution >= 0.6 is 23.4 Å². The molecule has 3 rings (SSSR count). The van der Waals surface area contributed by atoms with Gasteiger partial charge in [0.2, 0.25) is 0 Å². The summed E-state index contributed by atoms with van der Waals surface area (Å²) in [5.74, 6) is 1.99. The molecule has 2 aromatic rings. The fourth-order valence-corrected chi connectivity index (χ4v) is 4.37. The molecule has 1 fully saturated rings. The minimum absolute atomic E-state index is 0.216. The zero-order chi connectivity index (χ0) is 17.8. The number of anilines is 2. The van der Waals surface area contributed by atoms with Crippen molar-refractivity contribution in [2.45, 2.75) is 4.90 Å². The Morgan fingerprint density at radius 3 is 2.44 bits per heavy atom. The molecule has 0 aliphatic carbocycles. The summed E-state index contributed by atoms with van der Waals surface area (Å²) in [7, 11) is -1.05. The number of nitrogens with one attached hydrogen (secondary N) is 1. The van der Waals surface area contributed by atoms with E-state index >= 15 is 0 Å². The van der Waals surface area contributed by atoms with Crippen LogP contribution in [0.4, 0.5) is 11.4 Å². The van der Waals surface area contributed by atoms with E-state index in [9.17, 15) is 9.00 Å². The molecule has 1 saturated heterocycles. The average molecular weight is 395 g/mol. The van der Waals surface area contributed by atoms with Crippen molar-refractivity contribution in [3.05, 3.63) is 53.1 Å². The molecule has 0 aromatic heterocycles. The number of nitrogens with zero attached hydrogens (tertiary/aromatic N) is 1. The Hall–Kier alpha value is -1.50. The van der Waals surface area contributed by atoms with E-state index in [-0.39, 0.29) is 5.91 Å². The van der Waals surface area contributed by atoms with E-state index in [2.05, 4.69) is 10.2 Å². The molecular weight excluding hydrogens is 376 g/mol. The van der Waals surface area contributed by atoms with Crippen molar-refractivity contribution in [3.8, 4) is 0 Å². The summed E-state index contributed by atoms with van der Waals surface area (Å²) in [6.07, 6.45) is 1.61. The zero-order valence-electron chi connectivity index (χ0n) is 13.8. The number of hydrogen-bond acceptors (Lipinski definition) is 4. The number of rotatable bonds is 4. The van der Waals surface area contributed by atoms with Gasteiger partial charge in [-0.3, -0.25) is 9.00 Å². The number of halogens is 1. The van der Waals surface area contributed by atoms with Gasteiger partial charge >= 0.3 is 0 Å². The predicted octanol–water partition coefficient (Wildman–Crippen LogP) is 3.88. The molecule has 1 unspecified atom stereocenters. The number of thioether (sulfide) groups is 1. The first-order valence-electron chi connectivity index (χ1n) is 7.91. The maximum atomic E-state index is 12.3. The Kier molecular flexibility index (Phi) is 6.04. The van der Waals surface area contributed by atoms with Crippen molar-refractivity contribution in [2.24, 2.45) is 0 Å². The Morgan fingerprint density at radius 1 is 1.16 bits per heavy atom. The lowest BCUT2D eigenvalue weighted by Crippen LogP contribution is -2.32. The van der Waals surface area contributed by atoms with Crippen LogP contribution in [0.2, 0.25) is 5.02 Å². The fraction of sp³-hybridized carbons (Fsp3) is 0.278. The van der Waals surface area contributed by atoms with Crippen molar-refractivity contribution in [1.29, 1.82) is 0 Å². The Labute approximate surface area is 159 Å². The minimum atomic E-state index is -1.05. The van der Waals surface area contributed by atoms with Gasteiger partial charge in [0.15, 0.2) is 0 Å². The van der Waals surface area contributed by atoms with Gasteiger partial charge in [0, 0.05) is 57.8 Å². The maximum absolute atomic E-state index is 12.3. The first kappa shape index (κ1) is 18.3. The molecule has 0 radical (unpaired) electrons. The summed E-state index contributed by atoms with van der Waals surface area (Å²) in [6, 6.07) is 12.4. The third-order valence-corrected chi connectivity index (χ3v) is 6.19. The van der Waals surface area contributed by atoms with Crippen molar-refractivity contribution in [1.82, 2.24) is 0 Å². The van der Waals surface area contributed by atoms with Gasteiger partial charge in [-0.2, -0.15) is 11.8 Å². The van der Waals surface area contributed by atoms with Crippen LogP contribution in [0, 0.1) is 0 Å². The van der Waals surface area contributed by atoms with E-state index in [0.29, 0.717) is 21.2 Å². The van der Waals surface area contributed by atoms with E-state index in [0.717, 1.165) is 30.3 Å². The second kappa shape index (κ2) is 8.25. The van der Waals surface area contributed by atoms with E-state index in [4.69, 9.17) is 11.6 Å². The van der Waals surface area contributed by atoms with Crippen LogP contribution < -0.4 is 10.2 Å². The quantitative estimate of drug-likeness (QED) is 0.854. The van der Waals surface area contributed by atoms with Crippen molar-refractivity contribution < 1.29 is 9.00 Å². The largest absolute Gasteiger partial charge is 0.369 e. The minimum Gasteiger partial charge on any atom is -0.369 e. The highest BCUT2D eigenvalue weighted by Gasteiger charge is 2.15. The van der Waals surface area contributed by atoms with E-state index in [1.807, 2.05) is 23.9 Å². The van der Waals surface area contributed by atoms with Gasteiger partial charge in [-0.1, -0.05) is 11.6 Å². The lowest BCUT2D eigenvalue weighted by molar-refractivity contribution is 0.102. The van der Waals surface area contributed by atoms with Gasteiger partial charge in [-0.25, -0.2) is 0 Å². The number of carbonyl (C=O) groups is 1. The SMILES string of the molecule is CS(=O)c1ccc(C(=O)Nc2ccc(N3CCSCC3)c(Cl)c2)cc1. The molecule has 0 bridgehead atoms. The van der Waals surface area contributed by atoms with Crippen LogP contribution in [0.15, 0.2) is 47.4 Å². The molecule has 4 nitrogen and oxygen atoms in total. The normalized spacial score (nSPS) is 15.7. The second-order valence-electron chi connectivity index (χ2n) is 5.70. The van der Waals surface area contributed by atoms with Gasteiger partial charge in [-0.15, -0.1) is 0 Å². The van der Waals surface area contributed by atoms with Crippen LogP contribution in [0.5, 0.6) is 0 Å². The lowest BCUT2D eigenvalue weighted by atomic mass is 10.2. The van der Waals surface area contributed by atoms with Gasteiger partial charge in [0.05, 0.1) is 10.7 Å². The number of benzene rings is 2. The highest BCUT2D eigenvalue weighted by Crippen LogP contribution is 2.30. The summed E-state index contributed by atoms with van der Waals surface area (Å²) in [5, 5.41) is 3.50. The second-order valence-corrected chi connectivity index (χ2v) is 8.71. The smallest absolute Gasteiger partial charge is 0.255 e. The summed E-state index contributed by atoms with van der Waals surface area (Å²) in [5.41, 5.74) is 2.19. The van der Waals surface area contributed by atoms with Gasteiger partial charge in [0.1, 0.15) is 0 Å². The van der Waals surface area contributed by atoms with Gasteiger partial charge in [-0.05, 0) is 42.5 Å². The molecule has 1 atom stereocenters. The summed E-state index contributed by atoms with van der Waals surface area (Å²) in [6.45, 7) is 1.97. The molecule has 0 spiro atoms. The Bertz CT molecular complexity index is 790. The molecule has 2 aromatic carbocycles. The topological polar surface area (TPSA) is 49.4 Å². The summed E-state index contributed by atoms with van der Waals surface area (Å²) >= 11 is 8.36. The summed E-state index contributed by atoms with van der Waals surface area (Å²) < 4.78 is 11.4. The van der Waals surface area contributed by atoms with Crippen molar-refractivity contribution in [2.75, 3.05) is 41.1 Å². The number of carbonyl (C=O) groups excluding carboxylic acids is 1. The van der Waals surface area contributed by atoms with E-state index < -0.39 is 10.8 Å². The monoisotopic (exact) mass is 394 g/mol. The fourth-order valence-electron chi connectivity index (χ4n) is 2.65. The molecule has 7 heteroatoms. The third kappa shape index (κ3) is 4.57. The molecule has 1 aliphatic rings. The molecular formula is C18H19ClN2O2S2. The number of amides is 1. The molecule has 1 amide bonds. The lowest BCUT2D eigenvalue weighted by Gasteiger charge is -2.29. The van der Waals surface area contributed by atoms with Crippen molar-refractivity contribution in [3.63, 3.8) is 0 Å². The van der Waals surface area contributed by atoms with Crippen LogP contribution in [0.25, 0.3) is 0 Å². The standard InChI is InChI=1S/C18H19ClN2O2S2/c1-25(23)15-5-2-13(3-6-15)18(22)20-14-4-7-17(16(19)12-14)21-8-10-24-11-9-21/h2-7,12H,8-11H2,1H3,(H,20,22). The summed E-state index contributed by atoms with van der Waals surface area (Å²) in [4.78, 5) is 15.3. The van der Waals surface area contributed by atoms with Crippen LogP contribution in [-0.4, -0.2) is 41.0 Å². The zero-order valence-corrected chi connectivity index (χ0v) is 16.2. The van der Waals surface area contributed by atoms with Crippen LogP contribution in [-0.2, 0) is 10.8 Å². The Balaban J connectivity index is 1.70. The third-order valence-electron chi connectivity index (χ3n) is 4.01. The van der Waals surface area contributed by atoms with Crippen LogP contribution in [0.3, 0.4) is 0 Å². The average Bonchev–Trinajstić information content (AvgIpc) is 2.62. The highest BCUT2D eigenvalue weighted by atomic mass is 35.5. The van der Waals surface area contributed by atoms with Gasteiger partial charge in [0.25, 0.3) is 5.91 Å². The van der Waals surface area contributed by atoms with Crippen molar-refractivity contribution >= 4 is 51.4 Å². The highest BCUT2D eigenvalue weighted by molar-refractivity contribution is 7.99. The van der Waals surface area contributed by atoms with E-state index in [1.54, 1.807) is 36.6 Å². The molecule has 132 valence electrons. The number of hydrogen-bond donors (Lipinski definition) is 1. The Morgan fingerprint density at radius 2 is 1.84 bits per heavy atom. The van der Waals surface area contributed by atoms with Gasteiger partial charge < -0.3 is 10.2 Å². The van der Waals surface area contributed by atoms with Crippen LogP contribution in [0.1, 0.15) is 10.4 Å². The predicted molar refractivity (Wildman–Crippen MR) is 108 cm³/mol. The molecule has 1 heterocycles. The molecule has 1 N–H and O–H groups in total. The maximum Gasteiger partial charge on any atom is 0.255 e.